The van der Waals surface area contributed by atoms with Gasteiger partial charge in [-0.1, -0.05) is 36.7 Å². The molecular weight excluding hydrogens is 394 g/mol. The van der Waals surface area contributed by atoms with Gasteiger partial charge in [0.05, 0.1) is 5.56 Å². The SMILES string of the molecule is CC1(C)CC2CC(C)(CN2C(=O)c2cc(Br)ccc2Br)C1. The van der Waals surface area contributed by atoms with Gasteiger partial charge in [-0.05, 0) is 64.2 Å². The van der Waals surface area contributed by atoms with E-state index >= 15 is 0 Å². The molecule has 1 saturated heterocycles. The standard InChI is InChI=1S/C17H21Br2NO/c1-16(2)7-12-8-17(3,9-16)10-20(12)15(21)13-6-11(18)4-5-14(13)19/h4-6,12H,7-10H2,1-3H3. The zero-order valence-electron chi connectivity index (χ0n) is 12.7. The van der Waals surface area contributed by atoms with Crippen LogP contribution in [0, 0.1) is 10.8 Å². The Morgan fingerprint density at radius 1 is 1.24 bits per heavy atom. The number of halogens is 2. The van der Waals surface area contributed by atoms with E-state index in [9.17, 15) is 4.79 Å². The summed E-state index contributed by atoms with van der Waals surface area (Å²) >= 11 is 6.98. The van der Waals surface area contributed by atoms with Crippen LogP contribution in [0.5, 0.6) is 0 Å². The van der Waals surface area contributed by atoms with E-state index in [-0.39, 0.29) is 11.3 Å². The summed E-state index contributed by atoms with van der Waals surface area (Å²) in [6.45, 7) is 7.89. The van der Waals surface area contributed by atoms with Gasteiger partial charge in [-0.3, -0.25) is 4.79 Å². The molecular formula is C17H21Br2NO. The van der Waals surface area contributed by atoms with E-state index in [1.165, 1.54) is 6.42 Å². The Hall–Kier alpha value is -0.350. The summed E-state index contributed by atoms with van der Waals surface area (Å²) in [5.74, 6) is 0.162. The molecule has 2 atom stereocenters. The van der Waals surface area contributed by atoms with Gasteiger partial charge >= 0.3 is 0 Å². The lowest BCUT2D eigenvalue weighted by atomic mass is 9.65. The van der Waals surface area contributed by atoms with Gasteiger partial charge in [-0.2, -0.15) is 0 Å². The van der Waals surface area contributed by atoms with Gasteiger partial charge in [-0.25, -0.2) is 0 Å². The zero-order valence-corrected chi connectivity index (χ0v) is 15.9. The Morgan fingerprint density at radius 2 is 1.95 bits per heavy atom. The highest BCUT2D eigenvalue weighted by Crippen LogP contribution is 2.52. The van der Waals surface area contributed by atoms with Gasteiger partial charge in [0.2, 0.25) is 0 Å². The van der Waals surface area contributed by atoms with Crippen molar-refractivity contribution in [2.45, 2.75) is 46.1 Å². The number of hydrogen-bond donors (Lipinski definition) is 0. The molecule has 21 heavy (non-hydrogen) atoms. The van der Waals surface area contributed by atoms with Crippen LogP contribution < -0.4 is 0 Å². The third kappa shape index (κ3) is 2.94. The molecule has 1 amide bonds. The molecule has 2 fully saturated rings. The fraction of sp³-hybridized carbons (Fsp3) is 0.588. The van der Waals surface area contributed by atoms with Gasteiger partial charge in [0, 0.05) is 21.5 Å². The summed E-state index contributed by atoms with van der Waals surface area (Å²) in [5.41, 5.74) is 1.38. The van der Waals surface area contributed by atoms with E-state index < -0.39 is 0 Å². The lowest BCUT2D eigenvalue weighted by Gasteiger charge is -2.39. The van der Waals surface area contributed by atoms with Crippen molar-refractivity contribution >= 4 is 37.8 Å². The Bertz CT molecular complexity index is 598. The van der Waals surface area contributed by atoms with Crippen molar-refractivity contribution < 1.29 is 4.79 Å². The molecule has 2 nitrogen and oxygen atoms in total. The molecule has 2 bridgehead atoms. The normalized spacial score (nSPS) is 30.5. The van der Waals surface area contributed by atoms with E-state index in [0.29, 0.717) is 11.5 Å². The topological polar surface area (TPSA) is 20.3 Å². The van der Waals surface area contributed by atoms with Crippen LogP contribution in [-0.2, 0) is 0 Å². The van der Waals surface area contributed by atoms with Crippen LogP contribution in [0.3, 0.4) is 0 Å². The Morgan fingerprint density at radius 3 is 2.67 bits per heavy atom. The molecule has 1 aromatic carbocycles. The largest absolute Gasteiger partial charge is 0.335 e. The lowest BCUT2D eigenvalue weighted by molar-refractivity contribution is 0.0707. The first-order valence-corrected chi connectivity index (χ1v) is 9.04. The fourth-order valence-corrected chi connectivity index (χ4v) is 5.29. The van der Waals surface area contributed by atoms with Crippen molar-refractivity contribution in [2.75, 3.05) is 6.54 Å². The van der Waals surface area contributed by atoms with Crippen LogP contribution in [0.4, 0.5) is 0 Å². The average molecular weight is 415 g/mol. The van der Waals surface area contributed by atoms with Crippen LogP contribution in [0.15, 0.2) is 27.1 Å². The smallest absolute Gasteiger partial charge is 0.255 e. The maximum absolute atomic E-state index is 13.0. The number of likely N-dealkylation sites (tertiary alicyclic amines) is 1. The summed E-state index contributed by atoms with van der Waals surface area (Å²) in [4.78, 5) is 15.1. The molecule has 2 unspecified atom stereocenters. The summed E-state index contributed by atoms with van der Waals surface area (Å²) in [7, 11) is 0. The minimum absolute atomic E-state index is 0.162. The van der Waals surface area contributed by atoms with Gasteiger partial charge in [0.1, 0.15) is 0 Å². The molecule has 114 valence electrons. The summed E-state index contributed by atoms with van der Waals surface area (Å²) in [6.07, 6.45) is 3.47. The molecule has 0 aromatic heterocycles. The van der Waals surface area contributed by atoms with E-state index in [0.717, 1.165) is 33.9 Å². The molecule has 0 N–H and O–H groups in total. The minimum atomic E-state index is 0.162. The predicted octanol–water partition coefficient (Wildman–Crippen LogP) is 5.25. The van der Waals surface area contributed by atoms with Crippen LogP contribution in [0.1, 0.15) is 50.4 Å². The summed E-state index contributed by atoms with van der Waals surface area (Å²) < 4.78 is 1.82. The van der Waals surface area contributed by atoms with Crippen molar-refractivity contribution in [1.82, 2.24) is 4.90 Å². The van der Waals surface area contributed by atoms with Crippen LogP contribution in [0.25, 0.3) is 0 Å². The second kappa shape index (κ2) is 5.09. The molecule has 1 saturated carbocycles. The summed E-state index contributed by atoms with van der Waals surface area (Å²) in [6, 6.07) is 6.19. The number of rotatable bonds is 1. The Kier molecular flexibility index (Phi) is 3.77. The van der Waals surface area contributed by atoms with E-state index in [2.05, 4.69) is 57.5 Å². The monoisotopic (exact) mass is 413 g/mol. The first kappa shape index (κ1) is 15.5. The zero-order chi connectivity index (χ0) is 15.4. The first-order chi connectivity index (χ1) is 9.69. The molecule has 3 rings (SSSR count). The van der Waals surface area contributed by atoms with E-state index in [4.69, 9.17) is 0 Å². The molecule has 2 aliphatic rings. The second-order valence-electron chi connectivity index (χ2n) is 7.77. The molecule has 0 spiro atoms. The third-order valence-electron chi connectivity index (χ3n) is 4.83. The lowest BCUT2D eigenvalue weighted by Crippen LogP contribution is -2.37. The summed E-state index contributed by atoms with van der Waals surface area (Å²) in [5, 5.41) is 0. The van der Waals surface area contributed by atoms with Crippen LogP contribution >= 0.6 is 31.9 Å². The molecule has 1 aromatic rings. The fourth-order valence-electron chi connectivity index (χ4n) is 4.51. The van der Waals surface area contributed by atoms with Crippen molar-refractivity contribution in [3.05, 3.63) is 32.7 Å². The van der Waals surface area contributed by atoms with Crippen molar-refractivity contribution in [3.63, 3.8) is 0 Å². The van der Waals surface area contributed by atoms with Crippen molar-refractivity contribution in [3.8, 4) is 0 Å². The van der Waals surface area contributed by atoms with Gasteiger partial charge in [0.15, 0.2) is 0 Å². The number of amides is 1. The molecule has 4 heteroatoms. The molecule has 0 radical (unpaired) electrons. The number of carbonyl (C=O) groups excluding carboxylic acids is 1. The van der Waals surface area contributed by atoms with Crippen molar-refractivity contribution in [1.29, 1.82) is 0 Å². The third-order valence-corrected chi connectivity index (χ3v) is 6.02. The van der Waals surface area contributed by atoms with Crippen molar-refractivity contribution in [2.24, 2.45) is 10.8 Å². The highest BCUT2D eigenvalue weighted by Gasteiger charge is 2.51. The van der Waals surface area contributed by atoms with Gasteiger partial charge in [0.25, 0.3) is 5.91 Å². The maximum Gasteiger partial charge on any atom is 0.255 e. The quantitative estimate of drug-likeness (QED) is 0.614. The molecule has 1 heterocycles. The van der Waals surface area contributed by atoms with E-state index in [1.54, 1.807) is 0 Å². The van der Waals surface area contributed by atoms with Crippen LogP contribution in [-0.4, -0.2) is 23.4 Å². The molecule has 1 aliphatic carbocycles. The number of fused-ring (bicyclic) bond motifs is 2. The first-order valence-electron chi connectivity index (χ1n) is 7.45. The van der Waals surface area contributed by atoms with E-state index in [1.807, 2.05) is 18.2 Å². The number of nitrogens with zero attached hydrogens (tertiary/aromatic N) is 1. The average Bonchev–Trinajstić information content (AvgIpc) is 2.61. The number of carbonyl (C=O) groups is 1. The highest BCUT2D eigenvalue weighted by molar-refractivity contribution is 9.11. The number of hydrogen-bond acceptors (Lipinski definition) is 1. The second-order valence-corrected chi connectivity index (χ2v) is 9.54. The Balaban J connectivity index is 1.91. The Labute approximate surface area is 143 Å². The maximum atomic E-state index is 13.0. The highest BCUT2D eigenvalue weighted by atomic mass is 79.9. The minimum Gasteiger partial charge on any atom is -0.335 e. The van der Waals surface area contributed by atoms with Gasteiger partial charge in [-0.15, -0.1) is 0 Å². The molecule has 1 aliphatic heterocycles. The van der Waals surface area contributed by atoms with Gasteiger partial charge < -0.3 is 4.90 Å². The predicted molar refractivity (Wildman–Crippen MR) is 92.4 cm³/mol. The van der Waals surface area contributed by atoms with Crippen LogP contribution in [0.2, 0.25) is 0 Å². The number of benzene rings is 1.